The fraction of sp³-hybridized carbons (Fsp3) is 0.273. The van der Waals surface area contributed by atoms with Gasteiger partial charge >= 0.3 is 6.18 Å². The van der Waals surface area contributed by atoms with Gasteiger partial charge in [0.1, 0.15) is 0 Å². The lowest BCUT2D eigenvalue weighted by molar-refractivity contribution is -0.137. The van der Waals surface area contributed by atoms with E-state index in [1.807, 2.05) is 17.5 Å². The third kappa shape index (κ3) is 4.64. The van der Waals surface area contributed by atoms with Crippen molar-refractivity contribution in [3.8, 4) is 11.3 Å². The zero-order valence-corrected chi connectivity index (χ0v) is 16.9. The van der Waals surface area contributed by atoms with Crippen molar-refractivity contribution in [3.63, 3.8) is 0 Å². The van der Waals surface area contributed by atoms with Crippen LogP contribution in [0.25, 0.3) is 11.3 Å². The second kappa shape index (κ2) is 8.47. The maximum absolute atomic E-state index is 12.8. The molecule has 4 rings (SSSR count). The van der Waals surface area contributed by atoms with Crippen LogP contribution in [-0.4, -0.2) is 24.0 Å². The SMILES string of the molecule is O=C(Nc1ccc(-c2csc(N3CCCCC3)n2)cc1)c1cccc(C(F)(F)F)c1. The Bertz CT molecular complexity index is 1020. The summed E-state index contributed by atoms with van der Waals surface area (Å²) < 4.78 is 38.5. The second-order valence-corrected chi connectivity index (χ2v) is 8.01. The summed E-state index contributed by atoms with van der Waals surface area (Å²) >= 11 is 1.62. The Morgan fingerprint density at radius 3 is 2.47 bits per heavy atom. The molecule has 1 aliphatic rings. The number of nitrogens with one attached hydrogen (secondary N) is 1. The van der Waals surface area contributed by atoms with Gasteiger partial charge in [-0.3, -0.25) is 4.79 Å². The number of halogens is 3. The van der Waals surface area contributed by atoms with Crippen molar-refractivity contribution in [1.29, 1.82) is 0 Å². The molecule has 0 unspecified atom stereocenters. The number of alkyl halides is 3. The van der Waals surface area contributed by atoms with E-state index in [1.54, 1.807) is 23.5 Å². The highest BCUT2D eigenvalue weighted by atomic mass is 32.1. The second-order valence-electron chi connectivity index (χ2n) is 7.17. The number of aromatic nitrogens is 1. The van der Waals surface area contributed by atoms with Gasteiger partial charge in [0, 0.05) is 35.3 Å². The Balaban J connectivity index is 1.44. The zero-order valence-electron chi connectivity index (χ0n) is 16.1. The first-order chi connectivity index (χ1) is 14.4. The third-order valence-electron chi connectivity index (χ3n) is 5.01. The van der Waals surface area contributed by atoms with Crippen molar-refractivity contribution in [3.05, 3.63) is 65.0 Å². The van der Waals surface area contributed by atoms with Gasteiger partial charge in [-0.1, -0.05) is 18.2 Å². The molecule has 8 heteroatoms. The highest BCUT2D eigenvalue weighted by molar-refractivity contribution is 7.14. The number of anilines is 2. The van der Waals surface area contributed by atoms with E-state index in [1.165, 1.54) is 31.4 Å². The van der Waals surface area contributed by atoms with E-state index in [0.717, 1.165) is 41.6 Å². The number of rotatable bonds is 4. The predicted molar refractivity (Wildman–Crippen MR) is 113 cm³/mol. The molecule has 1 N–H and O–H groups in total. The van der Waals surface area contributed by atoms with Gasteiger partial charge in [-0.15, -0.1) is 11.3 Å². The van der Waals surface area contributed by atoms with Gasteiger partial charge in [0.05, 0.1) is 11.3 Å². The minimum absolute atomic E-state index is 0.0421. The van der Waals surface area contributed by atoms with Gasteiger partial charge in [0.2, 0.25) is 0 Å². The van der Waals surface area contributed by atoms with Crippen molar-refractivity contribution in [2.75, 3.05) is 23.3 Å². The number of carbonyl (C=O) groups is 1. The molecule has 3 aromatic rings. The molecule has 1 amide bonds. The smallest absolute Gasteiger partial charge is 0.348 e. The summed E-state index contributed by atoms with van der Waals surface area (Å²) in [5.41, 5.74) is 1.41. The first-order valence-electron chi connectivity index (χ1n) is 9.70. The molecule has 1 fully saturated rings. The number of thiazole rings is 1. The molecule has 2 heterocycles. The van der Waals surface area contributed by atoms with Crippen LogP contribution in [-0.2, 0) is 6.18 Å². The summed E-state index contributed by atoms with van der Waals surface area (Å²) in [6, 6.07) is 11.5. The third-order valence-corrected chi connectivity index (χ3v) is 5.91. The lowest BCUT2D eigenvalue weighted by Gasteiger charge is -2.25. The Kier molecular flexibility index (Phi) is 5.76. The maximum Gasteiger partial charge on any atom is 0.416 e. The number of benzene rings is 2. The van der Waals surface area contributed by atoms with E-state index in [9.17, 15) is 18.0 Å². The molecule has 0 radical (unpaired) electrons. The molecule has 30 heavy (non-hydrogen) atoms. The van der Waals surface area contributed by atoms with Crippen LogP contribution in [0.4, 0.5) is 24.0 Å². The summed E-state index contributed by atoms with van der Waals surface area (Å²) in [6.07, 6.45) is -0.842. The number of carbonyl (C=O) groups excluding carboxylic acids is 1. The molecule has 0 bridgehead atoms. The quantitative estimate of drug-likeness (QED) is 0.545. The summed E-state index contributed by atoms with van der Waals surface area (Å²) in [5, 5.41) is 5.67. The largest absolute Gasteiger partial charge is 0.416 e. The predicted octanol–water partition coefficient (Wildman–Crippen LogP) is 6.07. The maximum atomic E-state index is 12.8. The van der Waals surface area contributed by atoms with Crippen molar-refractivity contribution >= 4 is 28.1 Å². The standard InChI is InChI=1S/C22H20F3N3OS/c23-22(24,25)17-6-4-5-16(13-17)20(29)26-18-9-7-15(8-10-18)19-14-30-21(27-19)28-11-2-1-3-12-28/h4-10,13-14H,1-3,11-12H2,(H,26,29). The fourth-order valence-corrected chi connectivity index (χ4v) is 4.28. The Hall–Kier alpha value is -2.87. The first-order valence-corrected chi connectivity index (χ1v) is 10.6. The number of amides is 1. The molecule has 1 aromatic heterocycles. The van der Waals surface area contributed by atoms with Gasteiger partial charge in [-0.2, -0.15) is 13.2 Å². The van der Waals surface area contributed by atoms with Gasteiger partial charge < -0.3 is 10.2 Å². The highest BCUT2D eigenvalue weighted by Crippen LogP contribution is 2.31. The Morgan fingerprint density at radius 2 is 1.77 bits per heavy atom. The first kappa shape index (κ1) is 20.4. The number of hydrogen-bond acceptors (Lipinski definition) is 4. The van der Waals surface area contributed by atoms with Crippen LogP contribution < -0.4 is 10.2 Å². The topological polar surface area (TPSA) is 45.2 Å². The van der Waals surface area contributed by atoms with Gasteiger partial charge in [0.15, 0.2) is 5.13 Å². The van der Waals surface area contributed by atoms with Gasteiger partial charge in [-0.25, -0.2) is 4.98 Å². The summed E-state index contributed by atoms with van der Waals surface area (Å²) in [5.74, 6) is -0.588. The highest BCUT2D eigenvalue weighted by Gasteiger charge is 2.30. The fourth-order valence-electron chi connectivity index (χ4n) is 3.39. The molecular weight excluding hydrogens is 411 g/mol. The van der Waals surface area contributed by atoms with Crippen molar-refractivity contribution in [2.24, 2.45) is 0 Å². The van der Waals surface area contributed by atoms with E-state index in [2.05, 4.69) is 10.2 Å². The van der Waals surface area contributed by atoms with Crippen LogP contribution in [0.2, 0.25) is 0 Å². The van der Waals surface area contributed by atoms with E-state index in [0.29, 0.717) is 5.69 Å². The molecule has 0 saturated carbocycles. The van der Waals surface area contributed by atoms with Crippen LogP contribution in [0.1, 0.15) is 35.2 Å². The molecule has 4 nitrogen and oxygen atoms in total. The minimum Gasteiger partial charge on any atom is -0.348 e. The van der Waals surface area contributed by atoms with Crippen molar-refractivity contribution < 1.29 is 18.0 Å². The minimum atomic E-state index is -4.49. The Labute approximate surface area is 176 Å². The molecule has 0 atom stereocenters. The average molecular weight is 431 g/mol. The summed E-state index contributed by atoms with van der Waals surface area (Å²) in [6.45, 7) is 2.07. The Morgan fingerprint density at radius 1 is 1.03 bits per heavy atom. The molecule has 1 saturated heterocycles. The van der Waals surface area contributed by atoms with Crippen LogP contribution in [0.15, 0.2) is 53.9 Å². The lowest BCUT2D eigenvalue weighted by Crippen LogP contribution is -2.29. The van der Waals surface area contributed by atoms with Crippen LogP contribution in [0.3, 0.4) is 0 Å². The van der Waals surface area contributed by atoms with E-state index in [-0.39, 0.29) is 5.56 Å². The molecule has 1 aliphatic heterocycles. The molecule has 0 aliphatic carbocycles. The van der Waals surface area contributed by atoms with E-state index < -0.39 is 17.6 Å². The van der Waals surface area contributed by atoms with Crippen molar-refractivity contribution in [2.45, 2.75) is 25.4 Å². The van der Waals surface area contributed by atoms with Gasteiger partial charge in [0.25, 0.3) is 5.91 Å². The van der Waals surface area contributed by atoms with Crippen molar-refractivity contribution in [1.82, 2.24) is 4.98 Å². The molecular formula is C22H20F3N3OS. The monoisotopic (exact) mass is 431 g/mol. The van der Waals surface area contributed by atoms with E-state index >= 15 is 0 Å². The summed E-state index contributed by atoms with van der Waals surface area (Å²) in [4.78, 5) is 19.4. The number of piperidine rings is 1. The van der Waals surface area contributed by atoms with Crippen LogP contribution in [0, 0.1) is 0 Å². The molecule has 0 spiro atoms. The summed E-state index contributed by atoms with van der Waals surface area (Å²) in [7, 11) is 0. The normalized spacial score (nSPS) is 14.6. The van der Waals surface area contributed by atoms with Crippen LogP contribution >= 0.6 is 11.3 Å². The molecule has 156 valence electrons. The van der Waals surface area contributed by atoms with Crippen LogP contribution in [0.5, 0.6) is 0 Å². The lowest BCUT2D eigenvalue weighted by atomic mass is 10.1. The number of nitrogens with zero attached hydrogens (tertiary/aromatic N) is 2. The van der Waals surface area contributed by atoms with Gasteiger partial charge in [-0.05, 0) is 49.6 Å². The number of hydrogen-bond donors (Lipinski definition) is 1. The molecule has 2 aromatic carbocycles. The van der Waals surface area contributed by atoms with E-state index in [4.69, 9.17) is 4.98 Å². The average Bonchev–Trinajstić information content (AvgIpc) is 3.25. The zero-order chi connectivity index (χ0) is 21.1.